The Morgan fingerprint density at radius 1 is 1.00 bits per heavy atom. The van der Waals surface area contributed by atoms with Crippen molar-refractivity contribution in [3.63, 3.8) is 0 Å². The summed E-state index contributed by atoms with van der Waals surface area (Å²) >= 11 is 0. The number of carbonyl (C=O) groups excluding carboxylic acids is 1. The Labute approximate surface area is 143 Å². The van der Waals surface area contributed by atoms with E-state index in [2.05, 4.69) is 6.58 Å². The van der Waals surface area contributed by atoms with Crippen molar-refractivity contribution < 1.29 is 14.5 Å². The molecule has 0 aromatic heterocycles. The highest BCUT2D eigenvalue weighted by Crippen LogP contribution is 2.18. The molecular weight excluding hydrogens is 306 g/mol. The van der Waals surface area contributed by atoms with Crippen LogP contribution in [0.5, 0.6) is 5.75 Å². The van der Waals surface area contributed by atoms with Crippen molar-refractivity contribution in [2.24, 2.45) is 0 Å². The van der Waals surface area contributed by atoms with Gasteiger partial charge in [-0.3, -0.25) is 14.9 Å². The molecular formula is C19H27NO4. The fourth-order valence-corrected chi connectivity index (χ4v) is 2.44. The lowest BCUT2D eigenvalue weighted by atomic mass is 10.1. The van der Waals surface area contributed by atoms with Crippen molar-refractivity contribution in [2.75, 3.05) is 0 Å². The van der Waals surface area contributed by atoms with Crippen LogP contribution >= 0.6 is 0 Å². The van der Waals surface area contributed by atoms with Gasteiger partial charge in [-0.05, 0) is 31.4 Å². The van der Waals surface area contributed by atoms with Crippen molar-refractivity contribution in [3.05, 3.63) is 47.0 Å². The molecule has 0 aliphatic heterocycles. The van der Waals surface area contributed by atoms with Gasteiger partial charge in [0.25, 0.3) is 5.69 Å². The largest absolute Gasteiger partial charge is 0.427 e. The van der Waals surface area contributed by atoms with Crippen LogP contribution in [0.1, 0.15) is 64.2 Å². The van der Waals surface area contributed by atoms with E-state index in [-0.39, 0.29) is 11.7 Å². The SMILES string of the molecule is C=CCCCCCCCCCCC(=O)Oc1ccc([N+](=O)[O-])cc1. The van der Waals surface area contributed by atoms with Crippen LogP contribution < -0.4 is 4.74 Å². The van der Waals surface area contributed by atoms with E-state index in [1.54, 1.807) is 0 Å². The third-order valence-electron chi connectivity index (χ3n) is 3.82. The Morgan fingerprint density at radius 3 is 2.08 bits per heavy atom. The maximum absolute atomic E-state index is 11.7. The number of benzene rings is 1. The lowest BCUT2D eigenvalue weighted by Gasteiger charge is -2.04. The molecule has 0 N–H and O–H groups in total. The average Bonchev–Trinajstić information content (AvgIpc) is 2.57. The maximum atomic E-state index is 11.7. The molecule has 0 aliphatic rings. The molecule has 0 unspecified atom stereocenters. The first kappa shape index (κ1) is 19.9. The first-order valence-corrected chi connectivity index (χ1v) is 8.69. The zero-order valence-electron chi connectivity index (χ0n) is 14.2. The monoisotopic (exact) mass is 333 g/mol. The quantitative estimate of drug-likeness (QED) is 0.118. The van der Waals surface area contributed by atoms with Crippen LogP contribution in [0.15, 0.2) is 36.9 Å². The second-order valence-electron chi connectivity index (χ2n) is 5.88. The summed E-state index contributed by atoms with van der Waals surface area (Å²) in [5, 5.41) is 10.5. The number of non-ortho nitro benzene ring substituents is 1. The maximum Gasteiger partial charge on any atom is 0.311 e. The third kappa shape index (κ3) is 9.08. The Bertz CT molecular complexity index is 511. The number of nitrogens with zero attached hydrogens (tertiary/aromatic N) is 1. The number of ether oxygens (including phenoxy) is 1. The summed E-state index contributed by atoms with van der Waals surface area (Å²) in [6.45, 7) is 3.71. The average molecular weight is 333 g/mol. The molecule has 132 valence electrons. The number of hydrogen-bond acceptors (Lipinski definition) is 4. The van der Waals surface area contributed by atoms with E-state index >= 15 is 0 Å². The van der Waals surface area contributed by atoms with Gasteiger partial charge >= 0.3 is 5.97 Å². The number of allylic oxidation sites excluding steroid dienone is 1. The second kappa shape index (κ2) is 12.3. The molecule has 0 saturated carbocycles. The first-order chi connectivity index (χ1) is 11.6. The summed E-state index contributed by atoms with van der Waals surface area (Å²) in [5.41, 5.74) is -0.0145. The van der Waals surface area contributed by atoms with E-state index in [0.717, 1.165) is 25.7 Å². The van der Waals surface area contributed by atoms with E-state index in [4.69, 9.17) is 4.74 Å². The summed E-state index contributed by atoms with van der Waals surface area (Å²) in [6, 6.07) is 5.56. The predicted octanol–water partition coefficient (Wildman–Crippen LogP) is 5.59. The number of unbranched alkanes of at least 4 members (excludes halogenated alkanes) is 8. The van der Waals surface area contributed by atoms with Crippen LogP contribution in [0, 0.1) is 10.1 Å². The van der Waals surface area contributed by atoms with E-state index in [9.17, 15) is 14.9 Å². The molecule has 0 aliphatic carbocycles. The van der Waals surface area contributed by atoms with Crippen LogP contribution in [0.2, 0.25) is 0 Å². The molecule has 5 nitrogen and oxygen atoms in total. The summed E-state index contributed by atoms with van der Waals surface area (Å²) in [4.78, 5) is 21.8. The number of nitro groups is 1. The summed E-state index contributed by atoms with van der Waals surface area (Å²) in [7, 11) is 0. The molecule has 0 saturated heterocycles. The number of hydrogen-bond donors (Lipinski definition) is 0. The minimum atomic E-state index is -0.481. The molecule has 0 bridgehead atoms. The molecule has 0 spiro atoms. The Hall–Kier alpha value is -2.17. The molecule has 0 heterocycles. The van der Waals surface area contributed by atoms with Crippen LogP contribution in [0.25, 0.3) is 0 Å². The number of nitro benzene ring substituents is 1. The summed E-state index contributed by atoms with van der Waals surface area (Å²) in [6.07, 6.45) is 12.7. The van der Waals surface area contributed by atoms with Crippen LogP contribution in [0.4, 0.5) is 5.69 Å². The molecule has 5 heteroatoms. The number of carbonyl (C=O) groups is 1. The van der Waals surface area contributed by atoms with E-state index in [0.29, 0.717) is 12.2 Å². The standard InChI is InChI=1S/C19H27NO4/c1-2-3-4-5-6-7-8-9-10-11-12-19(21)24-18-15-13-17(14-16-18)20(22)23/h2,13-16H,1,3-12H2. The summed E-state index contributed by atoms with van der Waals surface area (Å²) < 4.78 is 5.16. The molecule has 0 atom stereocenters. The van der Waals surface area contributed by atoms with Crippen LogP contribution in [0.3, 0.4) is 0 Å². The van der Waals surface area contributed by atoms with Gasteiger partial charge in [-0.25, -0.2) is 0 Å². The fraction of sp³-hybridized carbons (Fsp3) is 0.526. The highest BCUT2D eigenvalue weighted by molar-refractivity contribution is 5.72. The van der Waals surface area contributed by atoms with Gasteiger partial charge < -0.3 is 4.74 Å². The van der Waals surface area contributed by atoms with Gasteiger partial charge in [0.05, 0.1) is 4.92 Å². The van der Waals surface area contributed by atoms with Crippen LogP contribution in [-0.2, 0) is 4.79 Å². The Balaban J connectivity index is 2.03. The molecule has 0 radical (unpaired) electrons. The Morgan fingerprint density at radius 2 is 1.54 bits per heavy atom. The minimum Gasteiger partial charge on any atom is -0.427 e. The van der Waals surface area contributed by atoms with Crippen molar-refractivity contribution >= 4 is 11.7 Å². The van der Waals surface area contributed by atoms with E-state index in [1.807, 2.05) is 6.08 Å². The molecule has 1 aromatic carbocycles. The van der Waals surface area contributed by atoms with E-state index < -0.39 is 4.92 Å². The zero-order chi connectivity index (χ0) is 17.6. The van der Waals surface area contributed by atoms with Gasteiger partial charge in [-0.15, -0.1) is 6.58 Å². The molecule has 24 heavy (non-hydrogen) atoms. The molecule has 0 fully saturated rings. The highest BCUT2D eigenvalue weighted by Gasteiger charge is 2.08. The number of esters is 1. The summed E-state index contributed by atoms with van der Waals surface area (Å²) in [5.74, 6) is 0.0680. The lowest BCUT2D eigenvalue weighted by molar-refractivity contribution is -0.384. The number of rotatable bonds is 13. The molecule has 0 amide bonds. The van der Waals surface area contributed by atoms with Crippen LogP contribution in [-0.4, -0.2) is 10.9 Å². The van der Waals surface area contributed by atoms with Gasteiger partial charge in [0.15, 0.2) is 0 Å². The van der Waals surface area contributed by atoms with Crippen molar-refractivity contribution in [3.8, 4) is 5.75 Å². The fourth-order valence-electron chi connectivity index (χ4n) is 2.44. The van der Waals surface area contributed by atoms with Crippen molar-refractivity contribution in [1.82, 2.24) is 0 Å². The molecule has 1 aromatic rings. The lowest BCUT2D eigenvalue weighted by Crippen LogP contribution is -2.07. The second-order valence-corrected chi connectivity index (χ2v) is 5.88. The first-order valence-electron chi connectivity index (χ1n) is 8.69. The topological polar surface area (TPSA) is 69.4 Å². The normalized spacial score (nSPS) is 10.3. The van der Waals surface area contributed by atoms with Gasteiger partial charge in [0.1, 0.15) is 5.75 Å². The highest BCUT2D eigenvalue weighted by atomic mass is 16.6. The minimum absolute atomic E-state index is 0.0145. The smallest absolute Gasteiger partial charge is 0.311 e. The van der Waals surface area contributed by atoms with E-state index in [1.165, 1.54) is 56.4 Å². The van der Waals surface area contributed by atoms with Gasteiger partial charge in [-0.1, -0.05) is 44.6 Å². The van der Waals surface area contributed by atoms with Crippen molar-refractivity contribution in [2.45, 2.75) is 64.2 Å². The van der Waals surface area contributed by atoms with Crippen molar-refractivity contribution in [1.29, 1.82) is 0 Å². The van der Waals surface area contributed by atoms with Gasteiger partial charge in [0, 0.05) is 18.6 Å². The predicted molar refractivity (Wildman–Crippen MR) is 95.1 cm³/mol. The van der Waals surface area contributed by atoms with Gasteiger partial charge in [0.2, 0.25) is 0 Å². The van der Waals surface area contributed by atoms with Gasteiger partial charge in [-0.2, -0.15) is 0 Å². The Kier molecular flexibility index (Phi) is 10.2. The molecule has 1 rings (SSSR count). The third-order valence-corrected chi connectivity index (χ3v) is 3.82. The zero-order valence-corrected chi connectivity index (χ0v) is 14.2.